The van der Waals surface area contributed by atoms with E-state index in [9.17, 15) is 9.59 Å². The number of hydrogen-bond acceptors (Lipinski definition) is 5. The molecule has 0 aliphatic heterocycles. The molecule has 2 amide bonds. The van der Waals surface area contributed by atoms with E-state index in [1.807, 2.05) is 50.2 Å². The van der Waals surface area contributed by atoms with E-state index in [1.165, 1.54) is 4.90 Å². The van der Waals surface area contributed by atoms with Gasteiger partial charge in [-0.15, -0.1) is 0 Å². The number of aryl methyl sites for hydroxylation is 2. The van der Waals surface area contributed by atoms with Crippen LogP contribution in [0.1, 0.15) is 27.0 Å². The molecule has 31 heavy (non-hydrogen) atoms. The number of ether oxygens (including phenoxy) is 1. The number of carbonyl (C=O) groups is 2. The predicted octanol–water partition coefficient (Wildman–Crippen LogP) is 5.30. The number of rotatable bonds is 6. The topological polar surface area (TPSA) is 71.5 Å². The van der Waals surface area contributed by atoms with Gasteiger partial charge < -0.3 is 15.0 Å². The summed E-state index contributed by atoms with van der Waals surface area (Å²) >= 11 is 1.14. The van der Waals surface area contributed by atoms with Crippen molar-refractivity contribution in [3.8, 4) is 5.75 Å². The number of nitrogens with zero attached hydrogens (tertiary/aromatic N) is 2. The quantitative estimate of drug-likeness (QED) is 0.532. The van der Waals surface area contributed by atoms with E-state index in [-0.39, 0.29) is 11.1 Å². The van der Waals surface area contributed by atoms with Crippen LogP contribution in [0.2, 0.25) is 0 Å². The average molecular weight is 436 g/mol. The monoisotopic (exact) mass is 435 g/mol. The van der Waals surface area contributed by atoms with Crippen LogP contribution < -0.4 is 10.1 Å². The molecule has 1 aromatic heterocycles. The summed E-state index contributed by atoms with van der Waals surface area (Å²) in [6.45, 7) is 4.27. The van der Waals surface area contributed by atoms with Crippen LogP contribution in [0.3, 0.4) is 0 Å². The molecule has 6 nitrogen and oxygen atoms in total. The second-order valence-corrected chi connectivity index (χ2v) is 8.35. The van der Waals surface area contributed by atoms with Crippen molar-refractivity contribution in [1.82, 2.24) is 9.88 Å². The highest BCUT2D eigenvalue weighted by Gasteiger charge is 2.13. The largest absolute Gasteiger partial charge is 0.488 e. The molecule has 3 rings (SSSR count). The summed E-state index contributed by atoms with van der Waals surface area (Å²) in [7, 11) is 3.42. The molecule has 1 heterocycles. The number of aromatic nitrogens is 1. The third kappa shape index (κ3) is 6.08. The summed E-state index contributed by atoms with van der Waals surface area (Å²) in [6, 6.07) is 14.7. The van der Waals surface area contributed by atoms with Gasteiger partial charge in [0.2, 0.25) is 0 Å². The number of benzene rings is 2. The molecule has 2 aromatic carbocycles. The van der Waals surface area contributed by atoms with Gasteiger partial charge in [-0.05, 0) is 79.2 Å². The van der Waals surface area contributed by atoms with Crippen molar-refractivity contribution >= 4 is 28.6 Å². The lowest BCUT2D eigenvalue weighted by Crippen LogP contribution is -2.16. The Morgan fingerprint density at radius 3 is 2.32 bits per heavy atom. The number of amides is 2. The fraction of sp³-hybridized carbons (Fsp3) is 0.208. The second kappa shape index (κ2) is 10.1. The lowest BCUT2D eigenvalue weighted by Gasteiger charge is -2.14. The SMILES string of the molecule is Cc1cc(C(=O)Nc2ccc(SC(=O)N(C)C)cc2)cc(C)c1OCc1cccnc1. The molecule has 0 radical (unpaired) electrons. The Kier molecular flexibility index (Phi) is 7.31. The molecule has 3 aromatic rings. The van der Waals surface area contributed by atoms with Gasteiger partial charge in [0, 0.05) is 48.2 Å². The molecule has 0 aliphatic carbocycles. The summed E-state index contributed by atoms with van der Waals surface area (Å²) in [5.74, 6) is 0.571. The Hall–Kier alpha value is -3.32. The van der Waals surface area contributed by atoms with Gasteiger partial charge in [0.1, 0.15) is 12.4 Å². The Morgan fingerprint density at radius 2 is 1.74 bits per heavy atom. The average Bonchev–Trinajstić information content (AvgIpc) is 2.75. The molecule has 1 N–H and O–H groups in total. The summed E-state index contributed by atoms with van der Waals surface area (Å²) in [5.41, 5.74) is 3.99. The standard InChI is InChI=1S/C24H25N3O3S/c1-16-12-19(13-17(2)22(16)30-15-18-6-5-11-25-14-18)23(28)26-20-7-9-21(10-8-20)31-24(29)27(3)4/h5-14H,15H2,1-4H3,(H,26,28). The van der Waals surface area contributed by atoms with Gasteiger partial charge in [0.25, 0.3) is 11.1 Å². The summed E-state index contributed by atoms with van der Waals surface area (Å²) < 4.78 is 5.96. The Morgan fingerprint density at radius 1 is 1.06 bits per heavy atom. The van der Waals surface area contributed by atoms with Crippen molar-refractivity contribution in [1.29, 1.82) is 0 Å². The van der Waals surface area contributed by atoms with Crippen LogP contribution >= 0.6 is 11.8 Å². The highest BCUT2D eigenvalue weighted by atomic mass is 32.2. The summed E-state index contributed by atoms with van der Waals surface area (Å²) in [4.78, 5) is 31.0. The zero-order valence-electron chi connectivity index (χ0n) is 18.0. The molecule has 0 bridgehead atoms. The molecule has 0 saturated heterocycles. The lowest BCUT2D eigenvalue weighted by atomic mass is 10.0. The van der Waals surface area contributed by atoms with E-state index in [4.69, 9.17) is 4.74 Å². The minimum absolute atomic E-state index is 0.0476. The molecular formula is C24H25N3O3S. The molecule has 0 unspecified atom stereocenters. The molecule has 0 spiro atoms. The van der Waals surface area contributed by atoms with Crippen LogP contribution in [0.5, 0.6) is 5.75 Å². The van der Waals surface area contributed by atoms with Gasteiger partial charge in [-0.1, -0.05) is 6.07 Å². The van der Waals surface area contributed by atoms with Gasteiger partial charge in [-0.2, -0.15) is 0 Å². The Labute approximate surface area is 186 Å². The first-order valence-electron chi connectivity index (χ1n) is 9.77. The van der Waals surface area contributed by atoms with E-state index in [0.717, 1.165) is 39.1 Å². The smallest absolute Gasteiger partial charge is 0.285 e. The highest BCUT2D eigenvalue weighted by Crippen LogP contribution is 2.27. The lowest BCUT2D eigenvalue weighted by molar-refractivity contribution is 0.102. The fourth-order valence-electron chi connectivity index (χ4n) is 2.95. The van der Waals surface area contributed by atoms with Gasteiger partial charge in [0.15, 0.2) is 0 Å². The summed E-state index contributed by atoms with van der Waals surface area (Å²) in [6.07, 6.45) is 3.50. The van der Waals surface area contributed by atoms with Gasteiger partial charge >= 0.3 is 0 Å². The number of thioether (sulfide) groups is 1. The highest BCUT2D eigenvalue weighted by molar-refractivity contribution is 8.13. The fourth-order valence-corrected chi connectivity index (χ4v) is 3.61. The predicted molar refractivity (Wildman–Crippen MR) is 124 cm³/mol. The van der Waals surface area contributed by atoms with Crippen molar-refractivity contribution < 1.29 is 14.3 Å². The zero-order chi connectivity index (χ0) is 22.4. The molecule has 7 heteroatoms. The maximum atomic E-state index is 12.7. The second-order valence-electron chi connectivity index (χ2n) is 7.33. The molecule has 0 saturated carbocycles. The van der Waals surface area contributed by atoms with Crippen LogP contribution in [-0.4, -0.2) is 35.1 Å². The Bertz CT molecular complexity index is 1040. The zero-order valence-corrected chi connectivity index (χ0v) is 18.8. The van der Waals surface area contributed by atoms with Crippen molar-refractivity contribution in [3.63, 3.8) is 0 Å². The first-order valence-corrected chi connectivity index (χ1v) is 10.6. The van der Waals surface area contributed by atoms with Crippen molar-refractivity contribution in [3.05, 3.63) is 83.2 Å². The van der Waals surface area contributed by atoms with Crippen LogP contribution in [0.25, 0.3) is 0 Å². The first kappa shape index (κ1) is 22.4. The third-order valence-electron chi connectivity index (χ3n) is 4.51. The van der Waals surface area contributed by atoms with E-state index in [0.29, 0.717) is 17.9 Å². The maximum absolute atomic E-state index is 12.7. The van der Waals surface area contributed by atoms with Crippen molar-refractivity contribution in [2.75, 3.05) is 19.4 Å². The van der Waals surface area contributed by atoms with Gasteiger partial charge in [-0.3, -0.25) is 14.6 Å². The van der Waals surface area contributed by atoms with E-state index in [2.05, 4.69) is 10.3 Å². The minimum Gasteiger partial charge on any atom is -0.488 e. The van der Waals surface area contributed by atoms with Gasteiger partial charge in [0.05, 0.1) is 0 Å². The molecule has 0 atom stereocenters. The molecule has 160 valence electrons. The van der Waals surface area contributed by atoms with Crippen LogP contribution in [0, 0.1) is 13.8 Å². The number of anilines is 1. The minimum atomic E-state index is -0.199. The molecule has 0 fully saturated rings. The van der Waals surface area contributed by atoms with E-state index in [1.54, 1.807) is 38.6 Å². The number of carbonyl (C=O) groups excluding carboxylic acids is 2. The maximum Gasteiger partial charge on any atom is 0.285 e. The number of nitrogens with one attached hydrogen (secondary N) is 1. The van der Waals surface area contributed by atoms with Crippen molar-refractivity contribution in [2.45, 2.75) is 25.3 Å². The van der Waals surface area contributed by atoms with Crippen LogP contribution in [-0.2, 0) is 6.61 Å². The van der Waals surface area contributed by atoms with E-state index < -0.39 is 0 Å². The molecule has 0 aliphatic rings. The molecular weight excluding hydrogens is 410 g/mol. The number of pyridine rings is 1. The van der Waals surface area contributed by atoms with Crippen molar-refractivity contribution in [2.24, 2.45) is 0 Å². The number of hydrogen-bond donors (Lipinski definition) is 1. The Balaban J connectivity index is 1.65. The van der Waals surface area contributed by atoms with Gasteiger partial charge in [-0.25, -0.2) is 0 Å². The normalized spacial score (nSPS) is 10.5. The first-order chi connectivity index (χ1) is 14.8. The summed E-state index contributed by atoms with van der Waals surface area (Å²) in [5, 5.41) is 2.85. The van der Waals surface area contributed by atoms with Crippen LogP contribution in [0.15, 0.2) is 65.8 Å². The van der Waals surface area contributed by atoms with E-state index >= 15 is 0 Å². The van der Waals surface area contributed by atoms with Crippen LogP contribution in [0.4, 0.5) is 10.5 Å². The third-order valence-corrected chi connectivity index (χ3v) is 5.56.